The van der Waals surface area contributed by atoms with Crippen molar-refractivity contribution in [3.05, 3.63) is 35.4 Å². The summed E-state index contributed by atoms with van der Waals surface area (Å²) in [6.07, 6.45) is 3.20. The van der Waals surface area contributed by atoms with Crippen LogP contribution in [0.3, 0.4) is 0 Å². The molecule has 3 rings (SSSR count). The summed E-state index contributed by atoms with van der Waals surface area (Å²) in [5.74, 6) is 1.59. The molecule has 4 nitrogen and oxygen atoms in total. The lowest BCUT2D eigenvalue weighted by atomic mass is 9.87. The smallest absolute Gasteiger partial charge is 0.256 e. The zero-order valence-corrected chi connectivity index (χ0v) is 14.1. The van der Waals surface area contributed by atoms with E-state index in [0.717, 1.165) is 31.6 Å². The largest absolute Gasteiger partial charge is 0.358 e. The Hall–Kier alpha value is -1.36. The van der Waals surface area contributed by atoms with Crippen LogP contribution in [0.1, 0.15) is 56.1 Å². The fraction of sp³-hybridized carbons (Fsp3) is 0.588. The van der Waals surface area contributed by atoms with Crippen LogP contribution in [0.2, 0.25) is 0 Å². The molecule has 0 spiro atoms. The van der Waals surface area contributed by atoms with E-state index in [1.807, 2.05) is 0 Å². The van der Waals surface area contributed by atoms with E-state index in [1.165, 1.54) is 11.1 Å². The van der Waals surface area contributed by atoms with E-state index in [1.54, 1.807) is 0 Å². The topological polar surface area (TPSA) is 49.7 Å². The SMILES string of the molecule is CCC(C)c1ccc(C2CCCN3CCS(=O)(=O)N=C23)cc1. The van der Waals surface area contributed by atoms with E-state index in [-0.39, 0.29) is 11.7 Å². The lowest BCUT2D eigenvalue weighted by Gasteiger charge is -2.37. The van der Waals surface area contributed by atoms with Gasteiger partial charge in [0.2, 0.25) is 0 Å². The van der Waals surface area contributed by atoms with Crippen molar-refractivity contribution < 1.29 is 8.42 Å². The number of hydrogen-bond donors (Lipinski definition) is 0. The number of sulfonamides is 1. The van der Waals surface area contributed by atoms with Crippen molar-refractivity contribution in [1.82, 2.24) is 4.90 Å². The number of nitrogens with zero attached hydrogens (tertiary/aromatic N) is 2. The number of piperidine rings is 1. The molecule has 0 saturated carbocycles. The second kappa shape index (κ2) is 6.03. The average molecular weight is 320 g/mol. The maximum absolute atomic E-state index is 11.9. The van der Waals surface area contributed by atoms with Crippen LogP contribution in [0.15, 0.2) is 28.7 Å². The third kappa shape index (κ3) is 3.05. The number of hydrogen-bond acceptors (Lipinski definition) is 3. The van der Waals surface area contributed by atoms with Gasteiger partial charge in [-0.05, 0) is 36.3 Å². The molecule has 1 saturated heterocycles. The van der Waals surface area contributed by atoms with Crippen LogP contribution < -0.4 is 0 Å². The van der Waals surface area contributed by atoms with Gasteiger partial charge in [0.15, 0.2) is 0 Å². The molecule has 1 aromatic carbocycles. The zero-order valence-electron chi connectivity index (χ0n) is 13.3. The second-order valence-corrected chi connectivity index (χ2v) is 8.15. The summed E-state index contributed by atoms with van der Waals surface area (Å²) < 4.78 is 27.8. The molecular weight excluding hydrogens is 296 g/mol. The highest BCUT2D eigenvalue weighted by Crippen LogP contribution is 2.32. The Morgan fingerprint density at radius 2 is 2.00 bits per heavy atom. The summed E-state index contributed by atoms with van der Waals surface area (Å²) in [5.41, 5.74) is 2.53. The lowest BCUT2D eigenvalue weighted by molar-refractivity contribution is 0.366. The summed E-state index contributed by atoms with van der Waals surface area (Å²) in [6.45, 7) is 5.94. The molecule has 2 aliphatic heterocycles. The van der Waals surface area contributed by atoms with Crippen LogP contribution in [0, 0.1) is 0 Å². The summed E-state index contributed by atoms with van der Waals surface area (Å²) >= 11 is 0. The van der Waals surface area contributed by atoms with Crippen molar-refractivity contribution >= 4 is 15.9 Å². The highest BCUT2D eigenvalue weighted by Gasteiger charge is 2.33. The molecule has 0 bridgehead atoms. The van der Waals surface area contributed by atoms with Gasteiger partial charge in [0.05, 0.1) is 5.75 Å². The van der Waals surface area contributed by atoms with Crippen molar-refractivity contribution in [2.75, 3.05) is 18.8 Å². The molecule has 0 aliphatic carbocycles. The maximum atomic E-state index is 11.9. The van der Waals surface area contributed by atoms with Crippen LogP contribution in [0.4, 0.5) is 0 Å². The van der Waals surface area contributed by atoms with E-state index < -0.39 is 10.0 Å². The van der Waals surface area contributed by atoms with Gasteiger partial charge in [0, 0.05) is 19.0 Å². The summed E-state index contributed by atoms with van der Waals surface area (Å²) in [4.78, 5) is 2.15. The second-order valence-electron chi connectivity index (χ2n) is 6.39. The quantitative estimate of drug-likeness (QED) is 0.860. The molecule has 1 aromatic rings. The van der Waals surface area contributed by atoms with Gasteiger partial charge in [-0.3, -0.25) is 0 Å². The highest BCUT2D eigenvalue weighted by atomic mass is 32.2. The highest BCUT2D eigenvalue weighted by molar-refractivity contribution is 7.90. The van der Waals surface area contributed by atoms with Gasteiger partial charge in [-0.15, -0.1) is 4.40 Å². The van der Waals surface area contributed by atoms with Crippen molar-refractivity contribution in [2.45, 2.75) is 44.9 Å². The molecule has 5 heteroatoms. The average Bonchev–Trinajstić information content (AvgIpc) is 2.53. The number of amidine groups is 1. The third-order valence-corrected chi connectivity index (χ3v) is 6.09. The predicted molar refractivity (Wildman–Crippen MR) is 89.9 cm³/mol. The predicted octanol–water partition coefficient (Wildman–Crippen LogP) is 3.12. The van der Waals surface area contributed by atoms with E-state index in [0.29, 0.717) is 12.5 Å². The fourth-order valence-corrected chi connectivity index (χ4v) is 4.39. The molecule has 2 atom stereocenters. The van der Waals surface area contributed by atoms with Gasteiger partial charge < -0.3 is 4.90 Å². The molecule has 0 amide bonds. The van der Waals surface area contributed by atoms with Crippen molar-refractivity contribution in [1.29, 1.82) is 0 Å². The molecule has 22 heavy (non-hydrogen) atoms. The van der Waals surface area contributed by atoms with Crippen LogP contribution in [0.5, 0.6) is 0 Å². The minimum atomic E-state index is -3.27. The van der Waals surface area contributed by atoms with Crippen LogP contribution in [-0.4, -0.2) is 38.0 Å². The standard InChI is InChI=1S/C17H24N2O2S/c1-3-13(2)14-6-8-15(9-7-14)16-5-4-10-19-11-12-22(20,21)18-17(16)19/h6-9,13,16H,3-5,10-12H2,1-2H3. The molecule has 1 fully saturated rings. The van der Waals surface area contributed by atoms with Gasteiger partial charge in [0.1, 0.15) is 5.84 Å². The first-order valence-electron chi connectivity index (χ1n) is 8.17. The Morgan fingerprint density at radius 1 is 1.27 bits per heavy atom. The molecule has 2 unspecified atom stereocenters. The first kappa shape index (κ1) is 15.5. The van der Waals surface area contributed by atoms with Crippen LogP contribution in [-0.2, 0) is 10.0 Å². The zero-order chi connectivity index (χ0) is 15.7. The van der Waals surface area contributed by atoms with Crippen molar-refractivity contribution in [3.8, 4) is 0 Å². The Labute approximate surface area is 133 Å². The monoisotopic (exact) mass is 320 g/mol. The minimum Gasteiger partial charge on any atom is -0.358 e. The molecule has 0 aromatic heterocycles. The van der Waals surface area contributed by atoms with Crippen molar-refractivity contribution in [3.63, 3.8) is 0 Å². The number of fused-ring (bicyclic) bond motifs is 1. The molecule has 2 heterocycles. The Kier molecular flexibility index (Phi) is 4.26. The first-order chi connectivity index (χ1) is 10.5. The Balaban J connectivity index is 1.91. The normalized spacial score (nSPS) is 25.3. The molecule has 0 radical (unpaired) electrons. The van der Waals surface area contributed by atoms with Gasteiger partial charge >= 0.3 is 0 Å². The molecule has 120 valence electrons. The molecule has 0 N–H and O–H groups in total. The molecular formula is C17H24N2O2S. The first-order valence-corrected chi connectivity index (χ1v) is 9.78. The van der Waals surface area contributed by atoms with Gasteiger partial charge in [-0.1, -0.05) is 38.1 Å². The van der Waals surface area contributed by atoms with Crippen molar-refractivity contribution in [2.24, 2.45) is 4.40 Å². The Bertz CT molecular complexity index is 664. The van der Waals surface area contributed by atoms with Gasteiger partial charge in [-0.25, -0.2) is 8.42 Å². The minimum absolute atomic E-state index is 0.120. The maximum Gasteiger partial charge on any atom is 0.256 e. The van der Waals surface area contributed by atoms with E-state index in [4.69, 9.17) is 0 Å². The van der Waals surface area contributed by atoms with E-state index in [2.05, 4.69) is 47.4 Å². The van der Waals surface area contributed by atoms with Crippen LogP contribution >= 0.6 is 0 Å². The van der Waals surface area contributed by atoms with E-state index in [9.17, 15) is 8.42 Å². The molecule has 2 aliphatic rings. The summed E-state index contributed by atoms with van der Waals surface area (Å²) in [6, 6.07) is 8.67. The van der Waals surface area contributed by atoms with E-state index >= 15 is 0 Å². The third-order valence-electron chi connectivity index (χ3n) is 4.93. The number of benzene rings is 1. The van der Waals surface area contributed by atoms with Crippen LogP contribution in [0.25, 0.3) is 0 Å². The lowest BCUT2D eigenvalue weighted by Crippen LogP contribution is -2.46. The fourth-order valence-electron chi connectivity index (χ4n) is 3.32. The summed E-state index contributed by atoms with van der Waals surface area (Å²) in [7, 11) is -3.27. The van der Waals surface area contributed by atoms with Gasteiger partial charge in [0.25, 0.3) is 10.0 Å². The van der Waals surface area contributed by atoms with Gasteiger partial charge in [-0.2, -0.15) is 0 Å². The summed E-state index contributed by atoms with van der Waals surface area (Å²) in [5, 5.41) is 0. The Morgan fingerprint density at radius 3 is 2.68 bits per heavy atom. The number of rotatable bonds is 3.